The summed E-state index contributed by atoms with van der Waals surface area (Å²) in [7, 11) is 3.25. The Kier molecular flexibility index (Phi) is 4.61. The number of aromatic nitrogens is 1. The van der Waals surface area contributed by atoms with Gasteiger partial charge in [0.1, 0.15) is 0 Å². The number of rotatable bonds is 3. The van der Waals surface area contributed by atoms with Gasteiger partial charge in [0.05, 0.1) is 15.8 Å². The van der Waals surface area contributed by atoms with Crippen LogP contribution in [0.3, 0.4) is 0 Å². The van der Waals surface area contributed by atoms with Crippen LogP contribution < -0.4 is 0 Å². The third-order valence-corrected chi connectivity index (χ3v) is 3.19. The van der Waals surface area contributed by atoms with Gasteiger partial charge in [0.2, 0.25) is 5.91 Å². The van der Waals surface area contributed by atoms with E-state index in [1.165, 1.54) is 11.0 Å². The monoisotopic (exact) mass is 278 g/mol. The number of hydrogen-bond donors (Lipinski definition) is 0. The standard InChI is InChI=1S/C11H13F3N2OS/c1-7(10(17)16(2)3)18-9-5-4-8(6-15-9)11(12,13)14/h4-7H,1-3H3. The van der Waals surface area contributed by atoms with Gasteiger partial charge >= 0.3 is 6.18 Å². The first-order valence-corrected chi connectivity index (χ1v) is 6.01. The molecule has 1 aromatic rings. The third-order valence-electron chi connectivity index (χ3n) is 2.15. The first kappa shape index (κ1) is 14.8. The van der Waals surface area contributed by atoms with Gasteiger partial charge < -0.3 is 4.90 Å². The van der Waals surface area contributed by atoms with Crippen LogP contribution in [0.15, 0.2) is 23.4 Å². The van der Waals surface area contributed by atoms with Gasteiger partial charge in [0.15, 0.2) is 0 Å². The lowest BCUT2D eigenvalue weighted by atomic mass is 10.3. The lowest BCUT2D eigenvalue weighted by molar-refractivity contribution is -0.138. The summed E-state index contributed by atoms with van der Waals surface area (Å²) in [4.78, 5) is 16.7. The second kappa shape index (κ2) is 5.60. The van der Waals surface area contributed by atoms with E-state index in [4.69, 9.17) is 0 Å². The highest BCUT2D eigenvalue weighted by atomic mass is 32.2. The maximum Gasteiger partial charge on any atom is 0.417 e. The number of pyridine rings is 1. The lowest BCUT2D eigenvalue weighted by Gasteiger charge is -2.16. The Morgan fingerprint density at radius 2 is 2.00 bits per heavy atom. The van der Waals surface area contributed by atoms with Gasteiger partial charge in [-0.3, -0.25) is 4.79 Å². The Labute approximate surface area is 107 Å². The number of thioether (sulfide) groups is 1. The van der Waals surface area contributed by atoms with Crippen molar-refractivity contribution in [2.24, 2.45) is 0 Å². The summed E-state index contributed by atoms with van der Waals surface area (Å²) in [6, 6.07) is 2.23. The molecular weight excluding hydrogens is 265 g/mol. The Morgan fingerprint density at radius 1 is 1.39 bits per heavy atom. The van der Waals surface area contributed by atoms with Crippen LogP contribution in [-0.2, 0) is 11.0 Å². The molecule has 0 N–H and O–H groups in total. The van der Waals surface area contributed by atoms with Gasteiger partial charge in [-0.25, -0.2) is 4.98 Å². The topological polar surface area (TPSA) is 33.2 Å². The average molecular weight is 278 g/mol. The molecule has 1 amide bonds. The smallest absolute Gasteiger partial charge is 0.348 e. The second-order valence-corrected chi connectivity index (χ2v) is 5.24. The van der Waals surface area contributed by atoms with E-state index >= 15 is 0 Å². The van der Waals surface area contributed by atoms with Gasteiger partial charge in [-0.2, -0.15) is 13.2 Å². The number of amides is 1. The zero-order valence-corrected chi connectivity index (χ0v) is 11.0. The average Bonchev–Trinajstić information content (AvgIpc) is 2.27. The van der Waals surface area contributed by atoms with E-state index in [1.54, 1.807) is 21.0 Å². The van der Waals surface area contributed by atoms with Crippen molar-refractivity contribution in [2.75, 3.05) is 14.1 Å². The van der Waals surface area contributed by atoms with Crippen LogP contribution in [0.25, 0.3) is 0 Å². The van der Waals surface area contributed by atoms with Gasteiger partial charge in [-0.15, -0.1) is 0 Å². The Hall–Kier alpha value is -1.24. The molecule has 0 radical (unpaired) electrons. The summed E-state index contributed by atoms with van der Waals surface area (Å²) in [6.07, 6.45) is -3.61. The molecule has 0 saturated carbocycles. The number of halogens is 3. The molecule has 0 saturated heterocycles. The number of carbonyl (C=O) groups excluding carboxylic acids is 1. The summed E-state index contributed by atoms with van der Waals surface area (Å²) in [5.41, 5.74) is -0.793. The van der Waals surface area contributed by atoms with E-state index in [0.29, 0.717) is 5.03 Å². The predicted molar refractivity (Wildman–Crippen MR) is 63.3 cm³/mol. The predicted octanol–water partition coefficient (Wildman–Crippen LogP) is 2.67. The lowest BCUT2D eigenvalue weighted by Crippen LogP contribution is -2.29. The fourth-order valence-electron chi connectivity index (χ4n) is 1.21. The van der Waals surface area contributed by atoms with Gasteiger partial charge in [-0.1, -0.05) is 11.8 Å². The molecule has 0 aliphatic carbocycles. The molecule has 0 aliphatic heterocycles. The maximum absolute atomic E-state index is 12.3. The zero-order valence-electron chi connectivity index (χ0n) is 10.2. The van der Waals surface area contributed by atoms with E-state index in [-0.39, 0.29) is 11.2 Å². The molecule has 1 unspecified atom stereocenters. The molecule has 0 bridgehead atoms. The molecule has 0 spiro atoms. The van der Waals surface area contributed by atoms with Crippen molar-refractivity contribution in [3.63, 3.8) is 0 Å². The molecule has 7 heteroatoms. The molecule has 0 aromatic carbocycles. The molecule has 1 heterocycles. The van der Waals surface area contributed by atoms with Crippen LogP contribution in [0.2, 0.25) is 0 Å². The van der Waals surface area contributed by atoms with Crippen molar-refractivity contribution < 1.29 is 18.0 Å². The molecule has 0 fully saturated rings. The van der Waals surface area contributed by atoms with Crippen molar-refractivity contribution in [3.8, 4) is 0 Å². The second-order valence-electron chi connectivity index (χ2n) is 3.88. The highest BCUT2D eigenvalue weighted by Crippen LogP contribution is 2.30. The van der Waals surface area contributed by atoms with Crippen LogP contribution in [0.5, 0.6) is 0 Å². The van der Waals surface area contributed by atoms with Crippen LogP contribution in [-0.4, -0.2) is 35.1 Å². The number of hydrogen-bond acceptors (Lipinski definition) is 3. The number of carbonyl (C=O) groups is 1. The summed E-state index contributed by atoms with van der Waals surface area (Å²) in [5, 5.41) is 0.00920. The summed E-state index contributed by atoms with van der Waals surface area (Å²) in [6.45, 7) is 1.69. The summed E-state index contributed by atoms with van der Waals surface area (Å²) >= 11 is 1.13. The van der Waals surface area contributed by atoms with Gasteiger partial charge in [-0.05, 0) is 19.1 Å². The fourth-order valence-corrected chi connectivity index (χ4v) is 2.15. The molecule has 3 nitrogen and oxygen atoms in total. The van der Waals surface area contributed by atoms with Gasteiger partial charge in [0, 0.05) is 20.3 Å². The zero-order chi connectivity index (χ0) is 13.9. The first-order valence-electron chi connectivity index (χ1n) is 5.13. The molecule has 1 aromatic heterocycles. The minimum Gasteiger partial charge on any atom is -0.348 e. The van der Waals surface area contributed by atoms with Crippen LogP contribution >= 0.6 is 11.8 Å². The Bertz CT molecular complexity index is 417. The molecule has 18 heavy (non-hydrogen) atoms. The maximum atomic E-state index is 12.3. The van der Waals surface area contributed by atoms with E-state index in [9.17, 15) is 18.0 Å². The molecule has 0 aliphatic rings. The Morgan fingerprint density at radius 3 is 2.39 bits per heavy atom. The highest BCUT2D eigenvalue weighted by molar-refractivity contribution is 8.00. The van der Waals surface area contributed by atoms with Crippen LogP contribution in [0, 0.1) is 0 Å². The van der Waals surface area contributed by atoms with Crippen molar-refractivity contribution >= 4 is 17.7 Å². The van der Waals surface area contributed by atoms with E-state index < -0.39 is 11.7 Å². The number of alkyl halides is 3. The summed E-state index contributed by atoms with van der Waals surface area (Å²) < 4.78 is 36.9. The van der Waals surface area contributed by atoms with Crippen molar-refractivity contribution in [1.29, 1.82) is 0 Å². The minimum absolute atomic E-state index is 0.110. The molecule has 1 atom stereocenters. The van der Waals surface area contributed by atoms with Crippen molar-refractivity contribution in [1.82, 2.24) is 9.88 Å². The first-order chi connectivity index (χ1) is 8.21. The summed E-state index contributed by atoms with van der Waals surface area (Å²) in [5.74, 6) is -0.110. The normalized spacial score (nSPS) is 13.2. The molecular formula is C11H13F3N2OS. The van der Waals surface area contributed by atoms with E-state index in [1.807, 2.05) is 0 Å². The molecule has 100 valence electrons. The minimum atomic E-state index is -4.39. The van der Waals surface area contributed by atoms with Crippen molar-refractivity contribution in [3.05, 3.63) is 23.9 Å². The molecule has 1 rings (SSSR count). The van der Waals surface area contributed by atoms with Crippen molar-refractivity contribution in [2.45, 2.75) is 23.4 Å². The number of nitrogens with zero attached hydrogens (tertiary/aromatic N) is 2. The van der Waals surface area contributed by atoms with E-state index in [0.717, 1.165) is 24.0 Å². The highest BCUT2D eigenvalue weighted by Gasteiger charge is 2.30. The van der Waals surface area contributed by atoms with E-state index in [2.05, 4.69) is 4.98 Å². The van der Waals surface area contributed by atoms with Crippen LogP contribution in [0.1, 0.15) is 12.5 Å². The third kappa shape index (κ3) is 3.90. The quantitative estimate of drug-likeness (QED) is 0.797. The SMILES string of the molecule is CC(Sc1ccc(C(F)(F)F)cn1)C(=O)N(C)C. The Balaban J connectivity index is 2.73. The largest absolute Gasteiger partial charge is 0.417 e. The van der Waals surface area contributed by atoms with Gasteiger partial charge in [0.25, 0.3) is 0 Å². The van der Waals surface area contributed by atoms with Crippen LogP contribution in [0.4, 0.5) is 13.2 Å². The fraction of sp³-hybridized carbons (Fsp3) is 0.455.